The van der Waals surface area contributed by atoms with E-state index in [0.29, 0.717) is 31.5 Å². The second-order valence-electron chi connectivity index (χ2n) is 7.58. The highest BCUT2D eigenvalue weighted by Crippen LogP contribution is 2.26. The number of aryl methyl sites for hydroxylation is 1. The fourth-order valence-electron chi connectivity index (χ4n) is 3.81. The van der Waals surface area contributed by atoms with Crippen LogP contribution in [0.4, 0.5) is 13.2 Å². The lowest BCUT2D eigenvalue weighted by Gasteiger charge is -2.30. The average molecular weight is 459 g/mol. The Bertz CT molecular complexity index is 1180. The number of rotatable bonds is 5. The summed E-state index contributed by atoms with van der Waals surface area (Å²) in [7, 11) is 0. The Kier molecular flexibility index (Phi) is 6.27. The molecule has 0 saturated carbocycles. The molecular formula is C23H20F3N3O2S. The van der Waals surface area contributed by atoms with Crippen molar-refractivity contribution in [3.63, 3.8) is 0 Å². The van der Waals surface area contributed by atoms with Gasteiger partial charge in [0.2, 0.25) is 5.91 Å². The second-order valence-corrected chi connectivity index (χ2v) is 8.61. The minimum atomic E-state index is -1.34. The largest absolute Gasteiger partial charge is 0.352 e. The molecule has 1 aliphatic rings. The van der Waals surface area contributed by atoms with Gasteiger partial charge >= 0.3 is 0 Å². The lowest BCUT2D eigenvalue weighted by molar-refractivity contribution is -0.120. The lowest BCUT2D eigenvalue weighted by Crippen LogP contribution is -2.37. The number of halogens is 3. The van der Waals surface area contributed by atoms with E-state index >= 15 is 0 Å². The van der Waals surface area contributed by atoms with E-state index in [1.54, 1.807) is 6.20 Å². The van der Waals surface area contributed by atoms with Crippen LogP contribution < -0.4 is 5.32 Å². The number of nitrogens with one attached hydrogen (secondary N) is 1. The number of benzene rings is 1. The van der Waals surface area contributed by atoms with Gasteiger partial charge in [-0.2, -0.15) is 0 Å². The first kappa shape index (κ1) is 22.0. The molecule has 32 heavy (non-hydrogen) atoms. The third kappa shape index (κ3) is 4.52. The highest BCUT2D eigenvalue weighted by molar-refractivity contribution is 7.10. The summed E-state index contributed by atoms with van der Waals surface area (Å²) in [6.45, 7) is 2.62. The zero-order valence-corrected chi connectivity index (χ0v) is 18.1. The summed E-state index contributed by atoms with van der Waals surface area (Å²) in [5.74, 6) is -4.52. The Balaban J connectivity index is 1.49. The molecule has 0 bridgehead atoms. The van der Waals surface area contributed by atoms with E-state index in [1.807, 2.05) is 24.4 Å². The molecule has 0 unspecified atom stereocenters. The zero-order valence-electron chi connectivity index (χ0n) is 17.3. The maximum Gasteiger partial charge on any atom is 0.257 e. The molecule has 9 heteroatoms. The van der Waals surface area contributed by atoms with Gasteiger partial charge < -0.3 is 10.2 Å². The van der Waals surface area contributed by atoms with Crippen molar-refractivity contribution in [1.29, 1.82) is 0 Å². The van der Waals surface area contributed by atoms with Crippen LogP contribution in [0, 0.1) is 24.4 Å². The molecule has 0 fully saturated rings. The Morgan fingerprint density at radius 2 is 1.97 bits per heavy atom. The van der Waals surface area contributed by atoms with Crippen molar-refractivity contribution in [3.05, 3.63) is 86.1 Å². The first-order chi connectivity index (χ1) is 15.3. The summed E-state index contributed by atoms with van der Waals surface area (Å²) in [6.07, 6.45) is 2.44. The number of carbonyl (C=O) groups is 2. The van der Waals surface area contributed by atoms with Crippen molar-refractivity contribution < 1.29 is 22.8 Å². The summed E-state index contributed by atoms with van der Waals surface area (Å²) in [6, 6.07) is 4.77. The van der Waals surface area contributed by atoms with Crippen molar-refractivity contribution >= 4 is 23.2 Å². The van der Waals surface area contributed by atoms with Crippen LogP contribution in [0.1, 0.15) is 37.6 Å². The second kappa shape index (κ2) is 9.12. The Morgan fingerprint density at radius 1 is 1.19 bits per heavy atom. The van der Waals surface area contributed by atoms with Gasteiger partial charge in [-0.1, -0.05) is 6.07 Å². The van der Waals surface area contributed by atoms with Gasteiger partial charge in [0.25, 0.3) is 5.91 Å². The number of hydrogen-bond donors (Lipinski definition) is 1. The first-order valence-electron chi connectivity index (χ1n) is 10.0. The molecule has 0 aliphatic carbocycles. The number of thiophene rings is 1. The summed E-state index contributed by atoms with van der Waals surface area (Å²) >= 11 is 1.52. The molecule has 3 aromatic rings. The maximum absolute atomic E-state index is 14.1. The van der Waals surface area contributed by atoms with Crippen LogP contribution >= 0.6 is 11.3 Å². The summed E-state index contributed by atoms with van der Waals surface area (Å²) < 4.78 is 40.8. The maximum atomic E-state index is 14.1. The van der Waals surface area contributed by atoms with E-state index < -0.39 is 28.9 Å². The van der Waals surface area contributed by atoms with Crippen LogP contribution in [0.5, 0.6) is 0 Å². The van der Waals surface area contributed by atoms with E-state index in [2.05, 4.69) is 10.3 Å². The molecule has 0 radical (unpaired) electrons. The minimum Gasteiger partial charge on any atom is -0.352 e. The number of aromatic nitrogens is 1. The third-order valence-electron chi connectivity index (χ3n) is 5.50. The highest BCUT2D eigenvalue weighted by Gasteiger charge is 2.27. The van der Waals surface area contributed by atoms with Crippen molar-refractivity contribution in [2.45, 2.75) is 32.9 Å². The Morgan fingerprint density at radius 3 is 2.72 bits per heavy atom. The SMILES string of the molecule is Cc1ncc2c(c1CNC(=O)Cc1cccs1)CCN(C(=O)c1cc(F)c(F)cc1F)C2. The van der Waals surface area contributed by atoms with Crippen LogP contribution in [-0.4, -0.2) is 28.2 Å². The zero-order chi connectivity index (χ0) is 22.8. The van der Waals surface area contributed by atoms with Crippen LogP contribution in [-0.2, 0) is 30.7 Å². The lowest BCUT2D eigenvalue weighted by atomic mass is 9.94. The number of hydrogen-bond acceptors (Lipinski definition) is 4. The smallest absolute Gasteiger partial charge is 0.257 e. The normalized spacial score (nSPS) is 13.1. The first-order valence-corrected chi connectivity index (χ1v) is 10.9. The van der Waals surface area contributed by atoms with Gasteiger partial charge in [-0.3, -0.25) is 14.6 Å². The Labute approximate surface area is 186 Å². The fraction of sp³-hybridized carbons (Fsp3) is 0.261. The van der Waals surface area contributed by atoms with Crippen LogP contribution in [0.2, 0.25) is 0 Å². The molecule has 2 amide bonds. The van der Waals surface area contributed by atoms with Gasteiger partial charge in [-0.25, -0.2) is 13.2 Å². The molecule has 0 saturated heterocycles. The molecular weight excluding hydrogens is 439 g/mol. The monoisotopic (exact) mass is 459 g/mol. The van der Waals surface area contributed by atoms with E-state index in [9.17, 15) is 22.8 Å². The van der Waals surface area contributed by atoms with Crippen LogP contribution in [0.15, 0.2) is 35.8 Å². The number of carbonyl (C=O) groups excluding carboxylic acids is 2. The molecule has 166 valence electrons. The highest BCUT2D eigenvalue weighted by atomic mass is 32.1. The average Bonchev–Trinajstić information content (AvgIpc) is 3.27. The molecule has 0 atom stereocenters. The van der Waals surface area contributed by atoms with Gasteiger partial charge in [0.05, 0.1) is 12.0 Å². The predicted molar refractivity (Wildman–Crippen MR) is 114 cm³/mol. The van der Waals surface area contributed by atoms with Gasteiger partial charge in [-0.15, -0.1) is 11.3 Å². The van der Waals surface area contributed by atoms with E-state index in [1.165, 1.54) is 16.2 Å². The van der Waals surface area contributed by atoms with Crippen molar-refractivity contribution in [1.82, 2.24) is 15.2 Å². The summed E-state index contributed by atoms with van der Waals surface area (Å²) in [5, 5.41) is 4.85. The van der Waals surface area contributed by atoms with E-state index in [-0.39, 0.29) is 19.0 Å². The summed E-state index contributed by atoms with van der Waals surface area (Å²) in [5.41, 5.74) is 2.94. The summed E-state index contributed by atoms with van der Waals surface area (Å²) in [4.78, 5) is 31.8. The molecule has 5 nitrogen and oxygen atoms in total. The number of pyridine rings is 1. The molecule has 0 spiro atoms. The molecule has 1 aliphatic heterocycles. The van der Waals surface area contributed by atoms with E-state index in [4.69, 9.17) is 0 Å². The quantitative estimate of drug-likeness (QED) is 0.589. The van der Waals surface area contributed by atoms with E-state index in [0.717, 1.165) is 27.3 Å². The predicted octanol–water partition coefficient (Wildman–Crippen LogP) is 3.93. The Hall–Kier alpha value is -3.20. The molecule has 3 heterocycles. The standard InChI is InChI=1S/C23H20F3N3O2S/c1-13-18(11-28-22(30)7-15-3-2-6-32-15)16-4-5-29(12-14(16)10-27-13)23(31)17-8-20(25)21(26)9-19(17)24/h2-3,6,8-10H,4-5,7,11-12H2,1H3,(H,28,30). The molecule has 1 N–H and O–H groups in total. The van der Waals surface area contributed by atoms with Gasteiger partial charge in [0.15, 0.2) is 11.6 Å². The molecule has 2 aromatic heterocycles. The van der Waals surface area contributed by atoms with Crippen molar-refractivity contribution in [2.24, 2.45) is 0 Å². The topological polar surface area (TPSA) is 62.3 Å². The van der Waals surface area contributed by atoms with Crippen molar-refractivity contribution in [3.8, 4) is 0 Å². The molecule has 1 aromatic carbocycles. The van der Waals surface area contributed by atoms with Gasteiger partial charge in [0.1, 0.15) is 5.82 Å². The minimum absolute atomic E-state index is 0.0918. The third-order valence-corrected chi connectivity index (χ3v) is 6.38. The van der Waals surface area contributed by atoms with Crippen LogP contribution in [0.25, 0.3) is 0 Å². The van der Waals surface area contributed by atoms with Gasteiger partial charge in [-0.05, 0) is 47.5 Å². The number of nitrogens with zero attached hydrogens (tertiary/aromatic N) is 2. The van der Waals surface area contributed by atoms with Crippen LogP contribution in [0.3, 0.4) is 0 Å². The van der Waals surface area contributed by atoms with Crippen molar-refractivity contribution in [2.75, 3.05) is 6.54 Å². The molecule has 4 rings (SSSR count). The number of fused-ring (bicyclic) bond motifs is 1. The van der Waals surface area contributed by atoms with Gasteiger partial charge in [0, 0.05) is 42.5 Å². The fourth-order valence-corrected chi connectivity index (χ4v) is 4.51. The number of amides is 2.